The molecule has 1 aliphatic carbocycles. The molecule has 4 nitrogen and oxygen atoms in total. The summed E-state index contributed by atoms with van der Waals surface area (Å²) in [6.07, 6.45) is 2.62. The van der Waals surface area contributed by atoms with Crippen LogP contribution < -0.4 is 5.32 Å². The average Bonchev–Trinajstić information content (AvgIpc) is 3.09. The number of hydrogen-bond donors (Lipinski definition) is 1. The van der Waals surface area contributed by atoms with E-state index in [-0.39, 0.29) is 11.4 Å². The Morgan fingerprint density at radius 2 is 2.24 bits per heavy atom. The molecule has 0 saturated heterocycles. The fraction of sp³-hybridized carbons (Fsp3) is 0.583. The molecule has 5 heteroatoms. The number of hydrogen-bond acceptors (Lipinski definition) is 3. The molecular formula is C12H16ClN3O. The molecule has 1 amide bonds. The predicted molar refractivity (Wildman–Crippen MR) is 66.3 cm³/mol. The van der Waals surface area contributed by atoms with E-state index in [1.54, 1.807) is 6.07 Å². The maximum Gasteiger partial charge on any atom is 0.253 e. The first-order valence-corrected chi connectivity index (χ1v) is 6.35. The van der Waals surface area contributed by atoms with Crippen LogP contribution in [0.2, 0.25) is 0 Å². The summed E-state index contributed by atoms with van der Waals surface area (Å²) in [5.74, 6) is 0.385. The number of carbonyl (C=O) groups is 1. The number of aryl methyl sites for hydroxylation is 2. The standard InChI is InChI=1S/C12H16ClN3O/c1-3-10-9(6-8(2)15-16-10)11(17)14-12(7-13)4-5-12/h6H,3-5,7H2,1-2H3,(H,14,17). The third-order valence-corrected chi connectivity index (χ3v) is 3.57. The molecule has 0 bridgehead atoms. The van der Waals surface area contributed by atoms with Gasteiger partial charge in [-0.2, -0.15) is 10.2 Å². The zero-order valence-electron chi connectivity index (χ0n) is 10.1. The van der Waals surface area contributed by atoms with Crippen molar-refractivity contribution >= 4 is 17.5 Å². The molecule has 2 rings (SSSR count). The molecule has 1 aliphatic rings. The highest BCUT2D eigenvalue weighted by molar-refractivity contribution is 6.19. The smallest absolute Gasteiger partial charge is 0.253 e. The molecular weight excluding hydrogens is 238 g/mol. The third-order valence-electron chi connectivity index (χ3n) is 3.06. The van der Waals surface area contributed by atoms with Gasteiger partial charge in [-0.25, -0.2) is 0 Å². The zero-order chi connectivity index (χ0) is 12.5. The normalized spacial score (nSPS) is 16.6. The lowest BCUT2D eigenvalue weighted by molar-refractivity contribution is 0.0934. The maximum atomic E-state index is 12.2. The van der Waals surface area contributed by atoms with E-state index in [1.165, 1.54) is 0 Å². The molecule has 0 spiro atoms. The minimum absolute atomic E-state index is 0.0852. The van der Waals surface area contributed by atoms with Crippen LogP contribution in [0.3, 0.4) is 0 Å². The van der Waals surface area contributed by atoms with Crippen molar-refractivity contribution < 1.29 is 4.79 Å². The summed E-state index contributed by atoms with van der Waals surface area (Å²) < 4.78 is 0. The summed E-state index contributed by atoms with van der Waals surface area (Å²) in [7, 11) is 0. The van der Waals surface area contributed by atoms with Gasteiger partial charge < -0.3 is 5.32 Å². The highest BCUT2D eigenvalue weighted by Gasteiger charge is 2.43. The number of amides is 1. The van der Waals surface area contributed by atoms with Gasteiger partial charge in [-0.05, 0) is 32.3 Å². The number of nitrogens with one attached hydrogen (secondary N) is 1. The van der Waals surface area contributed by atoms with Gasteiger partial charge in [0.1, 0.15) is 0 Å². The van der Waals surface area contributed by atoms with E-state index in [1.807, 2.05) is 13.8 Å². The average molecular weight is 254 g/mol. The largest absolute Gasteiger partial charge is 0.345 e. The van der Waals surface area contributed by atoms with Gasteiger partial charge in [0.25, 0.3) is 5.91 Å². The summed E-state index contributed by atoms with van der Waals surface area (Å²) >= 11 is 5.85. The Labute approximate surface area is 106 Å². The van der Waals surface area contributed by atoms with Gasteiger partial charge in [-0.1, -0.05) is 6.92 Å². The van der Waals surface area contributed by atoms with Crippen molar-refractivity contribution in [1.29, 1.82) is 0 Å². The van der Waals surface area contributed by atoms with Crippen LogP contribution in [0.1, 0.15) is 41.5 Å². The zero-order valence-corrected chi connectivity index (χ0v) is 10.8. The van der Waals surface area contributed by atoms with Gasteiger partial charge in [0, 0.05) is 5.88 Å². The molecule has 17 heavy (non-hydrogen) atoms. The monoisotopic (exact) mass is 253 g/mol. The lowest BCUT2D eigenvalue weighted by Gasteiger charge is -2.15. The van der Waals surface area contributed by atoms with Crippen molar-refractivity contribution in [3.05, 3.63) is 23.0 Å². The molecule has 0 atom stereocenters. The Morgan fingerprint density at radius 1 is 1.53 bits per heavy atom. The van der Waals surface area contributed by atoms with E-state index >= 15 is 0 Å². The molecule has 0 unspecified atom stereocenters. The minimum Gasteiger partial charge on any atom is -0.345 e. The van der Waals surface area contributed by atoms with Crippen LogP contribution in [0.5, 0.6) is 0 Å². The fourth-order valence-electron chi connectivity index (χ4n) is 1.72. The van der Waals surface area contributed by atoms with E-state index in [4.69, 9.17) is 11.6 Å². The van der Waals surface area contributed by atoms with Gasteiger partial charge in [-0.15, -0.1) is 11.6 Å². The van der Waals surface area contributed by atoms with E-state index in [2.05, 4.69) is 15.5 Å². The third kappa shape index (κ3) is 2.57. The highest BCUT2D eigenvalue weighted by atomic mass is 35.5. The van der Waals surface area contributed by atoms with Crippen molar-refractivity contribution in [2.24, 2.45) is 0 Å². The predicted octanol–water partition coefficient (Wildman–Crippen LogP) is 1.85. The Bertz CT molecular complexity index is 443. The molecule has 0 aliphatic heterocycles. The Kier molecular flexibility index (Phi) is 3.33. The highest BCUT2D eigenvalue weighted by Crippen LogP contribution is 2.36. The number of aromatic nitrogens is 2. The van der Waals surface area contributed by atoms with E-state index in [0.717, 1.165) is 24.2 Å². The molecule has 0 radical (unpaired) electrons. The van der Waals surface area contributed by atoms with Gasteiger partial charge in [0.05, 0.1) is 22.5 Å². The summed E-state index contributed by atoms with van der Waals surface area (Å²) in [6, 6.07) is 1.78. The van der Waals surface area contributed by atoms with Gasteiger partial charge in [0.2, 0.25) is 0 Å². The molecule has 1 saturated carbocycles. The first-order chi connectivity index (χ1) is 8.10. The first-order valence-electron chi connectivity index (χ1n) is 5.82. The summed E-state index contributed by atoms with van der Waals surface area (Å²) in [4.78, 5) is 12.2. The van der Waals surface area contributed by atoms with Crippen molar-refractivity contribution in [3.63, 3.8) is 0 Å². The molecule has 0 aromatic carbocycles. The van der Waals surface area contributed by atoms with E-state index < -0.39 is 0 Å². The van der Waals surface area contributed by atoms with Crippen molar-refractivity contribution in [3.8, 4) is 0 Å². The molecule has 92 valence electrons. The van der Waals surface area contributed by atoms with Crippen LogP contribution in [-0.4, -0.2) is 27.5 Å². The second-order valence-corrected chi connectivity index (χ2v) is 4.83. The summed E-state index contributed by atoms with van der Waals surface area (Å²) in [5, 5.41) is 11.0. The number of rotatable bonds is 4. The number of halogens is 1. The van der Waals surface area contributed by atoms with Crippen molar-refractivity contribution in [2.75, 3.05) is 5.88 Å². The van der Waals surface area contributed by atoms with Gasteiger partial charge in [-0.3, -0.25) is 4.79 Å². The van der Waals surface area contributed by atoms with Crippen LogP contribution in [0.4, 0.5) is 0 Å². The molecule has 1 aromatic heterocycles. The second kappa shape index (κ2) is 4.61. The van der Waals surface area contributed by atoms with Crippen LogP contribution >= 0.6 is 11.6 Å². The Morgan fingerprint density at radius 3 is 2.76 bits per heavy atom. The van der Waals surface area contributed by atoms with Gasteiger partial charge in [0.15, 0.2) is 0 Å². The summed E-state index contributed by atoms with van der Waals surface area (Å²) in [5.41, 5.74) is 1.93. The maximum absolute atomic E-state index is 12.2. The molecule has 1 aromatic rings. The van der Waals surface area contributed by atoms with Crippen LogP contribution in [0.25, 0.3) is 0 Å². The van der Waals surface area contributed by atoms with E-state index in [0.29, 0.717) is 17.9 Å². The topological polar surface area (TPSA) is 54.9 Å². The quantitative estimate of drug-likeness (QED) is 0.834. The summed E-state index contributed by atoms with van der Waals surface area (Å²) in [6.45, 7) is 3.79. The van der Waals surface area contributed by atoms with Crippen LogP contribution in [-0.2, 0) is 6.42 Å². The lowest BCUT2D eigenvalue weighted by atomic mass is 10.1. The lowest BCUT2D eigenvalue weighted by Crippen LogP contribution is -2.38. The van der Waals surface area contributed by atoms with Gasteiger partial charge >= 0.3 is 0 Å². The molecule has 1 N–H and O–H groups in total. The minimum atomic E-state index is -0.180. The molecule has 1 heterocycles. The fourth-order valence-corrected chi connectivity index (χ4v) is 2.06. The van der Waals surface area contributed by atoms with E-state index in [9.17, 15) is 4.79 Å². The number of carbonyl (C=O) groups excluding carboxylic acids is 1. The number of nitrogens with zero attached hydrogens (tertiary/aromatic N) is 2. The van der Waals surface area contributed by atoms with Crippen molar-refractivity contribution in [1.82, 2.24) is 15.5 Å². The second-order valence-electron chi connectivity index (χ2n) is 4.57. The van der Waals surface area contributed by atoms with Crippen LogP contribution in [0.15, 0.2) is 6.07 Å². The number of alkyl halides is 1. The SMILES string of the molecule is CCc1nnc(C)cc1C(=O)NC1(CCl)CC1. The Hall–Kier alpha value is -1.16. The van der Waals surface area contributed by atoms with Crippen molar-refractivity contribution in [2.45, 2.75) is 38.6 Å². The first kappa shape index (κ1) is 12.3. The Balaban J connectivity index is 2.21. The molecule has 1 fully saturated rings. The van der Waals surface area contributed by atoms with Crippen LogP contribution in [0, 0.1) is 6.92 Å².